The van der Waals surface area contributed by atoms with Gasteiger partial charge < -0.3 is 15.2 Å². The van der Waals surface area contributed by atoms with Crippen LogP contribution < -0.4 is 10.1 Å². The summed E-state index contributed by atoms with van der Waals surface area (Å²) in [7, 11) is 0. The third-order valence-electron chi connectivity index (χ3n) is 2.75. The van der Waals surface area contributed by atoms with Crippen molar-refractivity contribution >= 4 is 33.9 Å². The minimum Gasteiger partial charge on any atom is -0.483 e. The van der Waals surface area contributed by atoms with E-state index < -0.39 is 5.97 Å². The first kappa shape index (κ1) is 17.2. The smallest absolute Gasteiger partial charge is 0.328 e. The van der Waals surface area contributed by atoms with Crippen LogP contribution in [0.2, 0.25) is 0 Å². The normalized spacial score (nSPS) is 12.1. The van der Waals surface area contributed by atoms with Crippen LogP contribution in [0.3, 0.4) is 0 Å². The van der Waals surface area contributed by atoms with Crippen molar-refractivity contribution in [3.05, 3.63) is 34.3 Å². The highest BCUT2D eigenvalue weighted by atomic mass is 79.9. The number of carboxylic acid groups (broad SMARTS) is 1. The lowest BCUT2D eigenvalue weighted by atomic mass is 10.2. The lowest BCUT2D eigenvalue weighted by Gasteiger charge is -2.12. The summed E-state index contributed by atoms with van der Waals surface area (Å²) in [5, 5.41) is 11.4. The zero-order chi connectivity index (χ0) is 15.8. The molecule has 0 aromatic heterocycles. The average Bonchev–Trinajstić information content (AvgIpc) is 2.43. The van der Waals surface area contributed by atoms with Crippen molar-refractivity contribution in [3.63, 3.8) is 0 Å². The highest BCUT2D eigenvalue weighted by Crippen LogP contribution is 2.26. The zero-order valence-electron chi connectivity index (χ0n) is 11.9. The molecule has 0 aliphatic carbocycles. The summed E-state index contributed by atoms with van der Waals surface area (Å²) in [5.41, 5.74) is 0.723. The minimum absolute atomic E-state index is 0.0623. The van der Waals surface area contributed by atoms with Gasteiger partial charge in [0.15, 0.2) is 6.61 Å². The molecule has 1 amide bonds. The Morgan fingerprint density at radius 2 is 2.19 bits per heavy atom. The maximum atomic E-state index is 11.6. The summed E-state index contributed by atoms with van der Waals surface area (Å²) < 4.78 is 6.08. The first-order valence-electron chi connectivity index (χ1n) is 6.55. The van der Waals surface area contributed by atoms with E-state index in [9.17, 15) is 9.59 Å². The number of halogens is 1. The summed E-state index contributed by atoms with van der Waals surface area (Å²) in [6.45, 7) is 3.86. The van der Waals surface area contributed by atoms with Crippen LogP contribution in [0.25, 0.3) is 6.08 Å². The number of carbonyl (C=O) groups excluding carboxylic acids is 1. The van der Waals surface area contributed by atoms with Gasteiger partial charge in [-0.1, -0.05) is 13.0 Å². The number of hydrogen-bond donors (Lipinski definition) is 2. The Kier molecular flexibility index (Phi) is 6.94. The molecule has 114 valence electrons. The van der Waals surface area contributed by atoms with Crippen molar-refractivity contribution in [2.75, 3.05) is 6.61 Å². The molecule has 0 radical (unpaired) electrons. The van der Waals surface area contributed by atoms with E-state index >= 15 is 0 Å². The first-order chi connectivity index (χ1) is 9.92. The van der Waals surface area contributed by atoms with Gasteiger partial charge in [0, 0.05) is 12.1 Å². The van der Waals surface area contributed by atoms with Crippen LogP contribution in [0.15, 0.2) is 28.7 Å². The maximum Gasteiger partial charge on any atom is 0.328 e. The highest BCUT2D eigenvalue weighted by Gasteiger charge is 2.08. The molecule has 1 aromatic rings. The standard InChI is InChI=1S/C15H18BrNO4/c1-3-10(2)17-14(18)9-21-13-6-4-11(8-12(13)16)5-7-15(19)20/h4-8,10H,3,9H2,1-2H3,(H,17,18)(H,19,20). The molecule has 1 atom stereocenters. The van der Waals surface area contributed by atoms with Gasteiger partial charge in [-0.25, -0.2) is 4.79 Å². The Labute approximate surface area is 132 Å². The number of aliphatic carboxylic acids is 1. The maximum absolute atomic E-state index is 11.6. The third-order valence-corrected chi connectivity index (χ3v) is 3.37. The van der Waals surface area contributed by atoms with Gasteiger partial charge in [0.25, 0.3) is 5.91 Å². The monoisotopic (exact) mass is 355 g/mol. The summed E-state index contributed by atoms with van der Waals surface area (Å²) in [6, 6.07) is 5.24. The molecule has 6 heteroatoms. The van der Waals surface area contributed by atoms with Crippen LogP contribution >= 0.6 is 15.9 Å². The minimum atomic E-state index is -1.01. The molecule has 5 nitrogen and oxygen atoms in total. The molecule has 1 unspecified atom stereocenters. The molecular weight excluding hydrogens is 338 g/mol. The topological polar surface area (TPSA) is 75.6 Å². The van der Waals surface area contributed by atoms with Crippen LogP contribution in [0, 0.1) is 0 Å². The molecule has 0 fully saturated rings. The van der Waals surface area contributed by atoms with Crippen molar-refractivity contribution in [1.82, 2.24) is 5.32 Å². The van der Waals surface area contributed by atoms with Gasteiger partial charge in [0.2, 0.25) is 0 Å². The number of carboxylic acids is 1. The van der Waals surface area contributed by atoms with Gasteiger partial charge in [-0.05, 0) is 53.0 Å². The molecule has 0 aliphatic heterocycles. The molecule has 2 N–H and O–H groups in total. The van der Waals surface area contributed by atoms with Gasteiger partial charge in [-0.3, -0.25) is 4.79 Å². The summed E-state index contributed by atoms with van der Waals surface area (Å²) in [4.78, 5) is 22.1. The molecule has 0 saturated heterocycles. The van der Waals surface area contributed by atoms with Crippen molar-refractivity contribution in [1.29, 1.82) is 0 Å². The fourth-order valence-corrected chi connectivity index (χ4v) is 1.98. The highest BCUT2D eigenvalue weighted by molar-refractivity contribution is 9.10. The molecule has 21 heavy (non-hydrogen) atoms. The lowest BCUT2D eigenvalue weighted by Crippen LogP contribution is -2.35. The lowest BCUT2D eigenvalue weighted by molar-refractivity contribution is -0.131. The van der Waals surface area contributed by atoms with Crippen molar-refractivity contribution in [2.45, 2.75) is 26.3 Å². The van der Waals surface area contributed by atoms with Gasteiger partial charge >= 0.3 is 5.97 Å². The molecule has 1 rings (SSSR count). The second kappa shape index (κ2) is 8.46. The van der Waals surface area contributed by atoms with E-state index in [0.717, 1.165) is 18.1 Å². The van der Waals surface area contributed by atoms with Crippen LogP contribution in [0.1, 0.15) is 25.8 Å². The number of carbonyl (C=O) groups is 2. The number of ether oxygens (including phenoxy) is 1. The largest absolute Gasteiger partial charge is 0.483 e. The SMILES string of the molecule is CCC(C)NC(=O)COc1ccc(C=CC(=O)O)cc1Br. The fourth-order valence-electron chi connectivity index (χ4n) is 1.47. The van der Waals surface area contributed by atoms with Gasteiger partial charge in [0.05, 0.1) is 4.47 Å². The van der Waals surface area contributed by atoms with Crippen molar-refractivity contribution in [2.24, 2.45) is 0 Å². The quantitative estimate of drug-likeness (QED) is 0.737. The number of nitrogens with one attached hydrogen (secondary N) is 1. The molecule has 0 bridgehead atoms. The Morgan fingerprint density at radius 1 is 1.48 bits per heavy atom. The van der Waals surface area contributed by atoms with Gasteiger partial charge in [-0.15, -0.1) is 0 Å². The van der Waals surface area contributed by atoms with Gasteiger partial charge in [0.1, 0.15) is 5.75 Å². The van der Waals surface area contributed by atoms with Crippen molar-refractivity contribution < 1.29 is 19.4 Å². The molecule has 0 spiro atoms. The van der Waals surface area contributed by atoms with E-state index in [1.165, 1.54) is 6.08 Å². The fraction of sp³-hybridized carbons (Fsp3) is 0.333. The molecular formula is C15H18BrNO4. The van der Waals surface area contributed by atoms with Crippen LogP contribution in [-0.4, -0.2) is 29.6 Å². The third kappa shape index (κ3) is 6.44. The molecule has 0 saturated carbocycles. The zero-order valence-corrected chi connectivity index (χ0v) is 13.5. The van der Waals surface area contributed by atoms with E-state index in [1.807, 2.05) is 13.8 Å². The predicted molar refractivity (Wildman–Crippen MR) is 84.2 cm³/mol. The van der Waals surface area contributed by atoms with Crippen LogP contribution in [-0.2, 0) is 9.59 Å². The second-order valence-corrected chi connectivity index (χ2v) is 5.38. The van der Waals surface area contributed by atoms with E-state index in [2.05, 4.69) is 21.2 Å². The number of amides is 1. The van der Waals surface area contributed by atoms with Crippen molar-refractivity contribution in [3.8, 4) is 5.75 Å². The Morgan fingerprint density at radius 3 is 2.76 bits per heavy atom. The average molecular weight is 356 g/mol. The second-order valence-electron chi connectivity index (χ2n) is 4.53. The van der Waals surface area contributed by atoms with Gasteiger partial charge in [-0.2, -0.15) is 0 Å². The summed E-state index contributed by atoms with van der Waals surface area (Å²) >= 11 is 3.33. The summed E-state index contributed by atoms with van der Waals surface area (Å²) in [5.74, 6) is -0.652. The van der Waals surface area contributed by atoms with Crippen LogP contribution in [0.5, 0.6) is 5.75 Å². The molecule has 0 heterocycles. The van der Waals surface area contributed by atoms with E-state index in [1.54, 1.807) is 18.2 Å². The Balaban J connectivity index is 2.61. The summed E-state index contributed by atoms with van der Waals surface area (Å²) in [6.07, 6.45) is 3.40. The van der Waals surface area contributed by atoms with E-state index in [4.69, 9.17) is 9.84 Å². The molecule has 0 aliphatic rings. The van der Waals surface area contributed by atoms with E-state index in [0.29, 0.717) is 10.2 Å². The Bertz CT molecular complexity index is 542. The number of hydrogen-bond acceptors (Lipinski definition) is 3. The predicted octanol–water partition coefficient (Wildman–Crippen LogP) is 2.84. The molecule has 1 aromatic carbocycles. The first-order valence-corrected chi connectivity index (χ1v) is 7.34. The number of rotatable bonds is 7. The number of benzene rings is 1. The van der Waals surface area contributed by atoms with E-state index in [-0.39, 0.29) is 18.6 Å². The van der Waals surface area contributed by atoms with Crippen LogP contribution in [0.4, 0.5) is 0 Å². The Hall–Kier alpha value is -1.82.